The van der Waals surface area contributed by atoms with E-state index in [9.17, 15) is 8.42 Å². The lowest BCUT2D eigenvalue weighted by molar-refractivity contribution is 0.474. The summed E-state index contributed by atoms with van der Waals surface area (Å²) in [6, 6.07) is 7.05. The normalized spacial score (nSPS) is 21.3. The first-order valence-electron chi connectivity index (χ1n) is 5.06. The molecule has 1 aromatic rings. The minimum absolute atomic E-state index is 0.252. The Balaban J connectivity index is 2.11. The van der Waals surface area contributed by atoms with Gasteiger partial charge in [0.2, 0.25) is 0 Å². The molecule has 0 saturated carbocycles. The molecule has 15 heavy (non-hydrogen) atoms. The second kappa shape index (κ2) is 3.85. The lowest BCUT2D eigenvalue weighted by atomic mass is 9.94. The van der Waals surface area contributed by atoms with Crippen LogP contribution in [-0.2, 0) is 9.84 Å². The number of aromatic hydroxyl groups is 1. The first kappa shape index (κ1) is 10.5. The summed E-state index contributed by atoms with van der Waals surface area (Å²) in [6.07, 6.45) is 1.40. The summed E-state index contributed by atoms with van der Waals surface area (Å²) in [5, 5.41) is 9.14. The molecule has 82 valence electrons. The van der Waals surface area contributed by atoms with Crippen molar-refractivity contribution in [3.63, 3.8) is 0 Å². The molecule has 0 radical (unpaired) electrons. The summed E-state index contributed by atoms with van der Waals surface area (Å²) in [6.45, 7) is 0. The third-order valence-corrected chi connectivity index (χ3v) is 4.63. The van der Waals surface area contributed by atoms with E-state index in [2.05, 4.69) is 0 Å². The molecule has 3 nitrogen and oxygen atoms in total. The number of hydrogen-bond donors (Lipinski definition) is 1. The third-order valence-electron chi connectivity index (χ3n) is 2.92. The van der Waals surface area contributed by atoms with Crippen molar-refractivity contribution in [2.75, 3.05) is 11.5 Å². The number of benzene rings is 1. The maximum atomic E-state index is 11.2. The van der Waals surface area contributed by atoms with Crippen molar-refractivity contribution in [2.45, 2.75) is 18.8 Å². The Hall–Kier alpha value is -1.03. The lowest BCUT2D eigenvalue weighted by Crippen LogP contribution is -2.22. The highest BCUT2D eigenvalue weighted by Gasteiger charge is 2.24. The van der Waals surface area contributed by atoms with Gasteiger partial charge in [-0.25, -0.2) is 8.42 Å². The Labute approximate surface area is 89.7 Å². The van der Waals surface area contributed by atoms with E-state index in [-0.39, 0.29) is 5.75 Å². The SMILES string of the molecule is O=S1(=O)CCC(c2ccc(O)cc2)CC1. The number of phenols is 1. The molecule has 1 N–H and O–H groups in total. The van der Waals surface area contributed by atoms with E-state index in [1.165, 1.54) is 0 Å². The average Bonchev–Trinajstić information content (AvgIpc) is 2.20. The summed E-state index contributed by atoms with van der Waals surface area (Å²) in [4.78, 5) is 0. The summed E-state index contributed by atoms with van der Waals surface area (Å²) >= 11 is 0. The van der Waals surface area contributed by atoms with Gasteiger partial charge in [-0.2, -0.15) is 0 Å². The van der Waals surface area contributed by atoms with Crippen LogP contribution in [0.3, 0.4) is 0 Å². The number of rotatable bonds is 1. The molecule has 0 amide bonds. The minimum Gasteiger partial charge on any atom is -0.508 e. The Morgan fingerprint density at radius 3 is 2.13 bits per heavy atom. The van der Waals surface area contributed by atoms with Crippen molar-refractivity contribution in [1.82, 2.24) is 0 Å². The van der Waals surface area contributed by atoms with Crippen LogP contribution in [0.1, 0.15) is 24.3 Å². The van der Waals surface area contributed by atoms with Crippen LogP contribution >= 0.6 is 0 Å². The van der Waals surface area contributed by atoms with Gasteiger partial charge < -0.3 is 5.11 Å². The molecule has 1 aromatic carbocycles. The number of hydrogen-bond acceptors (Lipinski definition) is 3. The monoisotopic (exact) mass is 226 g/mol. The van der Waals surface area contributed by atoms with Gasteiger partial charge in [0.15, 0.2) is 0 Å². The van der Waals surface area contributed by atoms with Crippen LogP contribution in [-0.4, -0.2) is 25.0 Å². The maximum Gasteiger partial charge on any atom is 0.150 e. The van der Waals surface area contributed by atoms with E-state index in [1.807, 2.05) is 12.1 Å². The van der Waals surface area contributed by atoms with Crippen LogP contribution in [0.25, 0.3) is 0 Å². The molecule has 0 aromatic heterocycles. The maximum absolute atomic E-state index is 11.2. The van der Waals surface area contributed by atoms with Crippen LogP contribution in [0, 0.1) is 0 Å². The first-order valence-corrected chi connectivity index (χ1v) is 6.88. The van der Waals surface area contributed by atoms with E-state index >= 15 is 0 Å². The van der Waals surface area contributed by atoms with Gasteiger partial charge in [-0.05, 0) is 36.5 Å². The van der Waals surface area contributed by atoms with Crippen LogP contribution in [0.5, 0.6) is 5.75 Å². The molecular weight excluding hydrogens is 212 g/mol. The van der Waals surface area contributed by atoms with E-state index in [4.69, 9.17) is 5.11 Å². The van der Waals surface area contributed by atoms with Crippen molar-refractivity contribution < 1.29 is 13.5 Å². The molecule has 0 spiro atoms. The van der Waals surface area contributed by atoms with E-state index in [0.29, 0.717) is 30.3 Å². The fraction of sp³-hybridized carbons (Fsp3) is 0.455. The Morgan fingerprint density at radius 2 is 1.60 bits per heavy atom. The summed E-state index contributed by atoms with van der Waals surface area (Å²) < 4.78 is 22.5. The van der Waals surface area contributed by atoms with Crippen molar-refractivity contribution in [2.24, 2.45) is 0 Å². The van der Waals surface area contributed by atoms with E-state index in [1.54, 1.807) is 12.1 Å². The standard InChI is InChI=1S/C11H14O3S/c12-11-3-1-9(2-4-11)10-5-7-15(13,14)8-6-10/h1-4,10,12H,5-8H2. The smallest absolute Gasteiger partial charge is 0.150 e. The molecule has 0 atom stereocenters. The van der Waals surface area contributed by atoms with Gasteiger partial charge in [0, 0.05) is 0 Å². The van der Waals surface area contributed by atoms with Gasteiger partial charge in [0.25, 0.3) is 0 Å². The van der Waals surface area contributed by atoms with Gasteiger partial charge in [-0.1, -0.05) is 12.1 Å². The third kappa shape index (κ3) is 2.50. The molecule has 1 fully saturated rings. The molecular formula is C11H14O3S. The Kier molecular flexibility index (Phi) is 2.69. The summed E-state index contributed by atoms with van der Waals surface area (Å²) in [7, 11) is -2.78. The number of phenolic OH excluding ortho intramolecular Hbond substituents is 1. The quantitative estimate of drug-likeness (QED) is 0.792. The molecule has 1 heterocycles. The van der Waals surface area contributed by atoms with Crippen LogP contribution < -0.4 is 0 Å². The molecule has 1 aliphatic rings. The highest BCUT2D eigenvalue weighted by molar-refractivity contribution is 7.91. The average molecular weight is 226 g/mol. The predicted molar refractivity (Wildman–Crippen MR) is 58.7 cm³/mol. The highest BCUT2D eigenvalue weighted by Crippen LogP contribution is 2.29. The van der Waals surface area contributed by atoms with E-state index < -0.39 is 9.84 Å². The second-order valence-electron chi connectivity index (χ2n) is 4.02. The number of sulfone groups is 1. The molecule has 1 aliphatic heterocycles. The molecule has 0 aliphatic carbocycles. The van der Waals surface area contributed by atoms with Crippen LogP contribution in [0.4, 0.5) is 0 Å². The molecule has 2 rings (SSSR count). The predicted octanol–water partition coefficient (Wildman–Crippen LogP) is 1.68. The molecule has 1 saturated heterocycles. The molecule has 0 bridgehead atoms. The van der Waals surface area contributed by atoms with Crippen molar-refractivity contribution >= 4 is 9.84 Å². The summed E-state index contributed by atoms with van der Waals surface area (Å²) in [5.41, 5.74) is 1.13. The van der Waals surface area contributed by atoms with Crippen molar-refractivity contribution in [1.29, 1.82) is 0 Å². The van der Waals surface area contributed by atoms with Gasteiger partial charge >= 0.3 is 0 Å². The van der Waals surface area contributed by atoms with Crippen molar-refractivity contribution in [3.05, 3.63) is 29.8 Å². The summed E-state index contributed by atoms with van der Waals surface area (Å²) in [5.74, 6) is 1.16. The van der Waals surface area contributed by atoms with Crippen LogP contribution in [0.15, 0.2) is 24.3 Å². The van der Waals surface area contributed by atoms with Gasteiger partial charge in [0.05, 0.1) is 11.5 Å². The van der Waals surface area contributed by atoms with Crippen molar-refractivity contribution in [3.8, 4) is 5.75 Å². The zero-order valence-electron chi connectivity index (χ0n) is 8.39. The second-order valence-corrected chi connectivity index (χ2v) is 6.32. The first-order chi connectivity index (χ1) is 7.07. The largest absolute Gasteiger partial charge is 0.508 e. The van der Waals surface area contributed by atoms with Gasteiger partial charge in [-0.3, -0.25) is 0 Å². The minimum atomic E-state index is -2.78. The van der Waals surface area contributed by atoms with Crippen LogP contribution in [0.2, 0.25) is 0 Å². The van der Waals surface area contributed by atoms with Gasteiger partial charge in [-0.15, -0.1) is 0 Å². The topological polar surface area (TPSA) is 54.4 Å². The fourth-order valence-corrected chi connectivity index (χ4v) is 3.46. The van der Waals surface area contributed by atoms with E-state index in [0.717, 1.165) is 5.56 Å². The Bertz CT molecular complexity index is 419. The Morgan fingerprint density at radius 1 is 1.07 bits per heavy atom. The fourth-order valence-electron chi connectivity index (χ4n) is 1.97. The molecule has 4 heteroatoms. The zero-order valence-corrected chi connectivity index (χ0v) is 9.20. The lowest BCUT2D eigenvalue weighted by Gasteiger charge is -2.22. The van der Waals surface area contributed by atoms with Gasteiger partial charge in [0.1, 0.15) is 15.6 Å². The molecule has 0 unspecified atom stereocenters. The highest BCUT2D eigenvalue weighted by atomic mass is 32.2. The zero-order chi connectivity index (χ0) is 10.9.